The molecule has 1 N–H and O–H groups in total. The van der Waals surface area contributed by atoms with Crippen LogP contribution in [0.2, 0.25) is 5.02 Å². The fourth-order valence-electron chi connectivity index (χ4n) is 2.22. The number of halogens is 2. The Morgan fingerprint density at radius 2 is 2.14 bits per heavy atom. The van der Waals surface area contributed by atoms with Gasteiger partial charge >= 0.3 is 0 Å². The van der Waals surface area contributed by atoms with Crippen LogP contribution in [0.25, 0.3) is 5.65 Å². The van der Waals surface area contributed by atoms with Crippen molar-refractivity contribution in [3.05, 3.63) is 69.0 Å². The molecule has 6 heteroatoms. The van der Waals surface area contributed by atoms with Crippen LogP contribution >= 0.6 is 27.5 Å². The second-order valence-electron chi connectivity index (χ2n) is 4.96. The Hall–Kier alpha value is -1.85. The minimum absolute atomic E-state index is 0.223. The molecule has 0 aliphatic carbocycles. The van der Waals surface area contributed by atoms with Gasteiger partial charge in [0.1, 0.15) is 11.3 Å². The Kier molecular flexibility index (Phi) is 4.18. The number of carbonyl (C=O) groups is 1. The molecule has 112 valence electrons. The van der Waals surface area contributed by atoms with Gasteiger partial charge in [-0.25, -0.2) is 4.98 Å². The van der Waals surface area contributed by atoms with E-state index in [1.165, 1.54) is 0 Å². The van der Waals surface area contributed by atoms with Crippen LogP contribution in [0.3, 0.4) is 0 Å². The molecule has 2 aromatic heterocycles. The van der Waals surface area contributed by atoms with Gasteiger partial charge in [-0.15, -0.1) is 0 Å². The number of hydrogen-bond acceptors (Lipinski definition) is 2. The Balaban J connectivity index is 1.79. The quantitative estimate of drug-likeness (QED) is 0.749. The predicted molar refractivity (Wildman–Crippen MR) is 90.3 cm³/mol. The van der Waals surface area contributed by atoms with Crippen molar-refractivity contribution in [2.45, 2.75) is 13.5 Å². The van der Waals surface area contributed by atoms with Gasteiger partial charge in [0.05, 0.1) is 0 Å². The van der Waals surface area contributed by atoms with E-state index in [4.69, 9.17) is 11.6 Å². The van der Waals surface area contributed by atoms with E-state index in [1.807, 2.05) is 43.5 Å². The number of pyridine rings is 1. The molecule has 0 fully saturated rings. The number of rotatable bonds is 3. The van der Waals surface area contributed by atoms with Crippen molar-refractivity contribution < 1.29 is 4.79 Å². The van der Waals surface area contributed by atoms with Crippen LogP contribution in [0.5, 0.6) is 0 Å². The molecule has 3 rings (SSSR count). The average Bonchev–Trinajstić information content (AvgIpc) is 2.89. The summed E-state index contributed by atoms with van der Waals surface area (Å²) in [5, 5.41) is 3.51. The minimum atomic E-state index is -0.223. The van der Waals surface area contributed by atoms with Crippen LogP contribution in [-0.2, 0) is 6.54 Å². The largest absolute Gasteiger partial charge is 0.347 e. The molecule has 0 atom stereocenters. The lowest BCUT2D eigenvalue weighted by atomic mass is 10.1. The van der Waals surface area contributed by atoms with Crippen LogP contribution in [0.15, 0.2) is 47.2 Å². The van der Waals surface area contributed by atoms with Gasteiger partial charge in [-0.2, -0.15) is 0 Å². The molecule has 0 radical (unpaired) electrons. The summed E-state index contributed by atoms with van der Waals surface area (Å²) in [6, 6.07) is 9.41. The topological polar surface area (TPSA) is 46.4 Å². The van der Waals surface area contributed by atoms with Crippen LogP contribution in [0.1, 0.15) is 21.6 Å². The number of imidazole rings is 1. The fraction of sp³-hybridized carbons (Fsp3) is 0.125. The second kappa shape index (κ2) is 6.10. The summed E-state index contributed by atoms with van der Waals surface area (Å²) in [7, 11) is 0. The molecule has 0 saturated carbocycles. The number of amides is 1. The zero-order valence-corrected chi connectivity index (χ0v) is 14.1. The molecule has 3 aromatic rings. The van der Waals surface area contributed by atoms with E-state index in [0.717, 1.165) is 21.2 Å². The van der Waals surface area contributed by atoms with Crippen molar-refractivity contribution in [2.75, 3.05) is 0 Å². The summed E-state index contributed by atoms with van der Waals surface area (Å²) in [6.45, 7) is 2.34. The van der Waals surface area contributed by atoms with Crippen molar-refractivity contribution in [3.8, 4) is 0 Å². The van der Waals surface area contributed by atoms with Gasteiger partial charge in [0.25, 0.3) is 5.91 Å². The third-order valence-electron chi connectivity index (χ3n) is 3.43. The van der Waals surface area contributed by atoms with Crippen molar-refractivity contribution in [2.24, 2.45) is 0 Å². The van der Waals surface area contributed by atoms with Crippen molar-refractivity contribution >= 4 is 39.1 Å². The summed E-state index contributed by atoms with van der Waals surface area (Å²) in [5.74, 6) is -0.223. The van der Waals surface area contributed by atoms with E-state index in [0.29, 0.717) is 17.3 Å². The third kappa shape index (κ3) is 3.00. The van der Waals surface area contributed by atoms with Crippen LogP contribution in [0, 0.1) is 6.92 Å². The number of aromatic nitrogens is 2. The molecule has 0 aliphatic rings. The average molecular weight is 379 g/mol. The molecule has 2 heterocycles. The van der Waals surface area contributed by atoms with Gasteiger partial charge in [-0.05, 0) is 52.2 Å². The Bertz CT molecular complexity index is 839. The maximum atomic E-state index is 12.3. The van der Waals surface area contributed by atoms with Gasteiger partial charge in [0, 0.05) is 28.4 Å². The highest BCUT2D eigenvalue weighted by molar-refractivity contribution is 9.10. The summed E-state index contributed by atoms with van der Waals surface area (Å²) in [4.78, 5) is 16.6. The predicted octanol–water partition coefficient (Wildman–Crippen LogP) is 3.99. The molecule has 22 heavy (non-hydrogen) atoms. The molecule has 0 saturated heterocycles. The molecule has 0 aliphatic heterocycles. The van der Waals surface area contributed by atoms with E-state index in [2.05, 4.69) is 26.2 Å². The van der Waals surface area contributed by atoms with Crippen LogP contribution in [0.4, 0.5) is 0 Å². The maximum Gasteiger partial charge on any atom is 0.271 e. The number of fused-ring (bicyclic) bond motifs is 1. The summed E-state index contributed by atoms with van der Waals surface area (Å²) in [5.41, 5.74) is 3.07. The molecule has 0 spiro atoms. The fourth-order valence-corrected chi connectivity index (χ4v) is 2.86. The molecule has 1 amide bonds. The Morgan fingerprint density at radius 3 is 2.91 bits per heavy atom. The summed E-state index contributed by atoms with van der Waals surface area (Å²) < 4.78 is 2.73. The SMILES string of the molecule is Cc1cccc(Cl)c1CNC(=O)c1cn2cc(Br)ccc2n1. The van der Waals surface area contributed by atoms with Gasteiger partial charge < -0.3 is 9.72 Å². The molecule has 1 aromatic carbocycles. The second-order valence-corrected chi connectivity index (χ2v) is 6.28. The Morgan fingerprint density at radius 1 is 1.32 bits per heavy atom. The number of aryl methyl sites for hydroxylation is 1. The lowest BCUT2D eigenvalue weighted by Gasteiger charge is -2.08. The number of nitrogens with zero attached hydrogens (tertiary/aromatic N) is 2. The number of nitrogens with one attached hydrogen (secondary N) is 1. The van der Waals surface area contributed by atoms with Gasteiger partial charge in [-0.3, -0.25) is 4.79 Å². The standard InChI is InChI=1S/C16H13BrClN3O/c1-10-3-2-4-13(18)12(10)7-19-16(22)14-9-21-8-11(17)5-6-15(21)20-14/h2-6,8-9H,7H2,1H3,(H,19,22). The molecular formula is C16H13BrClN3O. The molecule has 0 unspecified atom stereocenters. The highest BCUT2D eigenvalue weighted by Crippen LogP contribution is 2.19. The molecule has 0 bridgehead atoms. The van der Waals surface area contributed by atoms with Gasteiger partial charge in [0.15, 0.2) is 0 Å². The van der Waals surface area contributed by atoms with Gasteiger partial charge in [0.2, 0.25) is 0 Å². The zero-order chi connectivity index (χ0) is 15.7. The first-order chi connectivity index (χ1) is 10.5. The smallest absolute Gasteiger partial charge is 0.271 e. The normalized spacial score (nSPS) is 10.9. The van der Waals surface area contributed by atoms with Crippen LogP contribution < -0.4 is 5.32 Å². The van der Waals surface area contributed by atoms with E-state index in [1.54, 1.807) is 10.6 Å². The third-order valence-corrected chi connectivity index (χ3v) is 4.25. The van der Waals surface area contributed by atoms with Crippen molar-refractivity contribution in [1.29, 1.82) is 0 Å². The number of carbonyl (C=O) groups excluding carboxylic acids is 1. The monoisotopic (exact) mass is 377 g/mol. The molecular weight excluding hydrogens is 366 g/mol. The van der Waals surface area contributed by atoms with E-state index < -0.39 is 0 Å². The first-order valence-corrected chi connectivity index (χ1v) is 7.88. The van der Waals surface area contributed by atoms with E-state index in [-0.39, 0.29) is 5.91 Å². The van der Waals surface area contributed by atoms with Crippen LogP contribution in [-0.4, -0.2) is 15.3 Å². The van der Waals surface area contributed by atoms with Crippen molar-refractivity contribution in [1.82, 2.24) is 14.7 Å². The number of hydrogen-bond donors (Lipinski definition) is 1. The highest BCUT2D eigenvalue weighted by atomic mass is 79.9. The zero-order valence-electron chi connectivity index (χ0n) is 11.8. The van der Waals surface area contributed by atoms with Gasteiger partial charge in [-0.1, -0.05) is 23.7 Å². The first-order valence-electron chi connectivity index (χ1n) is 6.71. The summed E-state index contributed by atoms with van der Waals surface area (Å²) in [6.07, 6.45) is 3.56. The first kappa shape index (κ1) is 15.1. The molecule has 4 nitrogen and oxygen atoms in total. The van der Waals surface area contributed by atoms with E-state index >= 15 is 0 Å². The van der Waals surface area contributed by atoms with E-state index in [9.17, 15) is 4.79 Å². The Labute approximate surface area is 141 Å². The lowest BCUT2D eigenvalue weighted by molar-refractivity contribution is 0.0946. The number of benzene rings is 1. The lowest BCUT2D eigenvalue weighted by Crippen LogP contribution is -2.23. The summed E-state index contributed by atoms with van der Waals surface area (Å²) >= 11 is 9.56. The highest BCUT2D eigenvalue weighted by Gasteiger charge is 2.12. The van der Waals surface area contributed by atoms with Crippen molar-refractivity contribution in [3.63, 3.8) is 0 Å². The maximum absolute atomic E-state index is 12.3. The minimum Gasteiger partial charge on any atom is -0.347 e.